The van der Waals surface area contributed by atoms with Crippen molar-refractivity contribution in [2.45, 2.75) is 20.8 Å². The van der Waals surface area contributed by atoms with Gasteiger partial charge < -0.3 is 4.90 Å². The van der Waals surface area contributed by atoms with Gasteiger partial charge in [-0.2, -0.15) is 0 Å². The second-order valence-corrected chi connectivity index (χ2v) is 4.69. The van der Waals surface area contributed by atoms with E-state index in [4.69, 9.17) is 0 Å². The zero-order valence-corrected chi connectivity index (χ0v) is 11.2. The lowest BCUT2D eigenvalue weighted by atomic mass is 9.98. The van der Waals surface area contributed by atoms with Crippen LogP contribution in [0, 0.1) is 12.8 Å². The number of rotatable bonds is 4. The maximum absolute atomic E-state index is 12.2. The van der Waals surface area contributed by atoms with Crippen molar-refractivity contribution in [2.75, 3.05) is 14.1 Å². The van der Waals surface area contributed by atoms with Crippen molar-refractivity contribution in [3.05, 3.63) is 35.8 Å². The van der Waals surface area contributed by atoms with Gasteiger partial charge in [-0.05, 0) is 19.1 Å². The summed E-state index contributed by atoms with van der Waals surface area (Å²) < 4.78 is 0. The Morgan fingerprint density at radius 1 is 1.35 bits per heavy atom. The van der Waals surface area contributed by atoms with Crippen LogP contribution in [-0.4, -0.2) is 29.8 Å². The minimum Gasteiger partial charge on any atom is -0.383 e. The molecule has 0 aliphatic carbocycles. The second kappa shape index (κ2) is 5.62. The smallest absolute Gasteiger partial charge is 0.169 e. The van der Waals surface area contributed by atoms with Crippen molar-refractivity contribution in [3.8, 4) is 0 Å². The van der Waals surface area contributed by atoms with E-state index in [2.05, 4.69) is 4.98 Å². The van der Waals surface area contributed by atoms with Crippen LogP contribution >= 0.6 is 0 Å². The fraction of sp³-hybridized carbons (Fsp3) is 0.429. The van der Waals surface area contributed by atoms with E-state index < -0.39 is 0 Å². The van der Waals surface area contributed by atoms with Gasteiger partial charge in [0.2, 0.25) is 0 Å². The molecule has 0 N–H and O–H groups in total. The Bertz CT molecular complexity index is 434. The summed E-state index contributed by atoms with van der Waals surface area (Å²) in [5.74, 6) is 0.0975. The third-order valence-electron chi connectivity index (χ3n) is 2.34. The fourth-order valence-electron chi connectivity index (χ4n) is 1.52. The summed E-state index contributed by atoms with van der Waals surface area (Å²) in [5.41, 5.74) is 2.34. The molecule has 1 rings (SSSR count). The molecule has 0 bridgehead atoms. The Labute approximate surface area is 103 Å². The lowest BCUT2D eigenvalue weighted by Crippen LogP contribution is -2.14. The lowest BCUT2D eigenvalue weighted by Gasteiger charge is -2.13. The monoisotopic (exact) mass is 232 g/mol. The van der Waals surface area contributed by atoms with E-state index in [1.807, 2.05) is 64.2 Å². The van der Waals surface area contributed by atoms with Crippen molar-refractivity contribution in [3.63, 3.8) is 0 Å². The highest BCUT2D eigenvalue weighted by Crippen LogP contribution is 2.18. The minimum atomic E-state index is -0.0245. The second-order valence-electron chi connectivity index (χ2n) is 4.69. The molecule has 0 amide bonds. The van der Waals surface area contributed by atoms with Gasteiger partial charge in [-0.3, -0.25) is 9.78 Å². The Morgan fingerprint density at radius 3 is 2.47 bits per heavy atom. The summed E-state index contributed by atoms with van der Waals surface area (Å²) in [7, 11) is 3.81. The quantitative estimate of drug-likeness (QED) is 0.748. The molecule has 0 fully saturated rings. The molecule has 1 aromatic heterocycles. The van der Waals surface area contributed by atoms with E-state index in [0.717, 1.165) is 11.4 Å². The number of hydrogen-bond donors (Lipinski definition) is 0. The van der Waals surface area contributed by atoms with E-state index >= 15 is 0 Å². The number of ketones is 1. The molecule has 0 saturated carbocycles. The highest BCUT2D eigenvalue weighted by molar-refractivity contribution is 6.20. The Morgan fingerprint density at radius 2 is 2.00 bits per heavy atom. The SMILES string of the molecule is Cc1cccc(C(=CN(C)C)C(=O)C(C)C)n1. The number of aromatic nitrogens is 1. The van der Waals surface area contributed by atoms with Crippen molar-refractivity contribution in [1.29, 1.82) is 0 Å². The standard InChI is InChI=1S/C14H20N2O/c1-10(2)14(17)12(9-16(4)5)13-8-6-7-11(3)15-13/h6-10H,1-5H3. The van der Waals surface area contributed by atoms with E-state index in [0.29, 0.717) is 5.57 Å². The maximum Gasteiger partial charge on any atom is 0.169 e. The van der Waals surface area contributed by atoms with Gasteiger partial charge in [0, 0.05) is 31.9 Å². The summed E-state index contributed by atoms with van der Waals surface area (Å²) in [6.07, 6.45) is 1.84. The highest BCUT2D eigenvalue weighted by atomic mass is 16.1. The predicted octanol–water partition coefficient (Wildman–Crippen LogP) is 2.52. The molecule has 17 heavy (non-hydrogen) atoms. The molecule has 0 aliphatic rings. The van der Waals surface area contributed by atoms with Gasteiger partial charge in [-0.15, -0.1) is 0 Å². The number of aryl methyl sites for hydroxylation is 1. The normalized spacial score (nSPS) is 11.8. The molecule has 0 aromatic carbocycles. The van der Waals surface area contributed by atoms with Crippen LogP contribution in [0.1, 0.15) is 25.2 Å². The molecule has 0 radical (unpaired) electrons. The van der Waals surface area contributed by atoms with Crippen molar-refractivity contribution in [2.24, 2.45) is 5.92 Å². The first-order chi connectivity index (χ1) is 7.91. The molecule has 0 spiro atoms. The molecular weight excluding hydrogens is 212 g/mol. The van der Waals surface area contributed by atoms with Crippen molar-refractivity contribution >= 4 is 11.4 Å². The summed E-state index contributed by atoms with van der Waals surface area (Å²) in [6.45, 7) is 5.74. The van der Waals surface area contributed by atoms with Crippen LogP contribution in [0.3, 0.4) is 0 Å². The molecule has 1 aromatic rings. The zero-order valence-electron chi connectivity index (χ0n) is 11.2. The van der Waals surface area contributed by atoms with Crippen molar-refractivity contribution in [1.82, 2.24) is 9.88 Å². The van der Waals surface area contributed by atoms with Crippen LogP contribution in [0.2, 0.25) is 0 Å². The Balaban J connectivity index is 3.21. The van der Waals surface area contributed by atoms with Gasteiger partial charge in [-0.25, -0.2) is 0 Å². The molecule has 3 heteroatoms. The molecule has 1 heterocycles. The van der Waals surface area contributed by atoms with Crippen LogP contribution in [-0.2, 0) is 4.79 Å². The number of allylic oxidation sites excluding steroid dienone is 1. The van der Waals surface area contributed by atoms with Gasteiger partial charge in [0.25, 0.3) is 0 Å². The van der Waals surface area contributed by atoms with Crippen LogP contribution in [0.4, 0.5) is 0 Å². The van der Waals surface area contributed by atoms with E-state index in [9.17, 15) is 4.79 Å². The number of nitrogens with zero attached hydrogens (tertiary/aromatic N) is 2. The molecule has 3 nitrogen and oxygen atoms in total. The number of carbonyl (C=O) groups is 1. The summed E-state index contributed by atoms with van der Waals surface area (Å²) in [5, 5.41) is 0. The van der Waals surface area contributed by atoms with Crippen LogP contribution in [0.25, 0.3) is 5.57 Å². The van der Waals surface area contributed by atoms with Gasteiger partial charge in [-0.1, -0.05) is 19.9 Å². The largest absolute Gasteiger partial charge is 0.383 e. The predicted molar refractivity (Wildman–Crippen MR) is 70.5 cm³/mol. The maximum atomic E-state index is 12.2. The first-order valence-electron chi connectivity index (χ1n) is 5.78. The number of hydrogen-bond acceptors (Lipinski definition) is 3. The average molecular weight is 232 g/mol. The Hall–Kier alpha value is -1.64. The first kappa shape index (κ1) is 13.4. The third kappa shape index (κ3) is 3.70. The van der Waals surface area contributed by atoms with Crippen molar-refractivity contribution < 1.29 is 4.79 Å². The molecule has 0 aliphatic heterocycles. The fourth-order valence-corrected chi connectivity index (χ4v) is 1.52. The average Bonchev–Trinajstić information content (AvgIpc) is 2.24. The summed E-state index contributed by atoms with van der Waals surface area (Å²) in [4.78, 5) is 18.4. The van der Waals surface area contributed by atoms with E-state index in [1.165, 1.54) is 0 Å². The van der Waals surface area contributed by atoms with Gasteiger partial charge in [0.05, 0.1) is 11.3 Å². The topological polar surface area (TPSA) is 33.2 Å². The van der Waals surface area contributed by atoms with Crippen LogP contribution in [0.15, 0.2) is 24.4 Å². The molecular formula is C14H20N2O. The number of pyridine rings is 1. The molecule has 0 atom stereocenters. The first-order valence-corrected chi connectivity index (χ1v) is 5.78. The lowest BCUT2D eigenvalue weighted by molar-refractivity contribution is -0.116. The van der Waals surface area contributed by atoms with Gasteiger partial charge in [0.1, 0.15) is 0 Å². The van der Waals surface area contributed by atoms with E-state index in [-0.39, 0.29) is 11.7 Å². The number of carbonyl (C=O) groups excluding carboxylic acids is 1. The highest BCUT2D eigenvalue weighted by Gasteiger charge is 2.17. The van der Waals surface area contributed by atoms with Gasteiger partial charge >= 0.3 is 0 Å². The number of Topliss-reactive ketones (excluding diaryl/α,β-unsaturated/α-hetero) is 1. The summed E-state index contributed by atoms with van der Waals surface area (Å²) in [6, 6.07) is 5.73. The molecule has 0 unspecified atom stereocenters. The van der Waals surface area contributed by atoms with Crippen LogP contribution in [0.5, 0.6) is 0 Å². The molecule has 0 saturated heterocycles. The Kier molecular flexibility index (Phi) is 4.44. The van der Waals surface area contributed by atoms with E-state index in [1.54, 1.807) is 0 Å². The third-order valence-corrected chi connectivity index (χ3v) is 2.34. The van der Waals surface area contributed by atoms with Gasteiger partial charge in [0.15, 0.2) is 5.78 Å². The van der Waals surface area contributed by atoms with Crippen LogP contribution < -0.4 is 0 Å². The summed E-state index contributed by atoms with van der Waals surface area (Å²) >= 11 is 0. The minimum absolute atomic E-state index is 0.0245. The molecule has 92 valence electrons. The zero-order chi connectivity index (χ0) is 13.0.